The molecule has 4 nitrogen and oxygen atoms in total. The molecule has 160 valence electrons. The first kappa shape index (κ1) is 21.2. The monoisotopic (exact) mass is 423 g/mol. The van der Waals surface area contributed by atoms with Crippen molar-refractivity contribution in [2.24, 2.45) is 0 Å². The van der Waals surface area contributed by atoms with Gasteiger partial charge in [-0.2, -0.15) is 0 Å². The number of anilines is 1. The standard InChI is InChI=1S/C28H25NO3/c30-28(26-13-7-8-14-27(26)32-21-23-11-5-2-6-12-23)29-24-15-17-25(18-16-24)31-20-19-22-9-3-1-4-10-22/h1-18H,19-21H2,(H,29,30). The quantitative estimate of drug-likeness (QED) is 0.352. The Kier molecular flexibility index (Phi) is 7.17. The zero-order valence-corrected chi connectivity index (χ0v) is 17.7. The highest BCUT2D eigenvalue weighted by Gasteiger charge is 2.12. The van der Waals surface area contributed by atoms with Crippen molar-refractivity contribution in [3.63, 3.8) is 0 Å². The lowest BCUT2D eigenvalue weighted by atomic mass is 10.1. The van der Waals surface area contributed by atoms with E-state index in [4.69, 9.17) is 9.47 Å². The van der Waals surface area contributed by atoms with E-state index in [1.54, 1.807) is 6.07 Å². The van der Waals surface area contributed by atoms with Gasteiger partial charge in [0.1, 0.15) is 18.1 Å². The molecule has 0 aromatic heterocycles. The van der Waals surface area contributed by atoms with Crippen molar-refractivity contribution in [1.29, 1.82) is 0 Å². The Morgan fingerprint density at radius 3 is 2.00 bits per heavy atom. The number of amides is 1. The molecule has 0 atom stereocenters. The highest BCUT2D eigenvalue weighted by Crippen LogP contribution is 2.22. The smallest absolute Gasteiger partial charge is 0.259 e. The Morgan fingerprint density at radius 2 is 1.28 bits per heavy atom. The highest BCUT2D eigenvalue weighted by molar-refractivity contribution is 6.06. The number of hydrogen-bond donors (Lipinski definition) is 1. The van der Waals surface area contributed by atoms with Crippen LogP contribution in [0.15, 0.2) is 109 Å². The van der Waals surface area contributed by atoms with Crippen LogP contribution < -0.4 is 14.8 Å². The molecule has 0 unspecified atom stereocenters. The Balaban J connectivity index is 1.32. The van der Waals surface area contributed by atoms with E-state index in [9.17, 15) is 4.79 Å². The topological polar surface area (TPSA) is 47.6 Å². The predicted octanol–water partition coefficient (Wildman–Crippen LogP) is 6.14. The van der Waals surface area contributed by atoms with Gasteiger partial charge >= 0.3 is 0 Å². The molecule has 0 aliphatic rings. The maximum absolute atomic E-state index is 12.8. The van der Waals surface area contributed by atoms with Gasteiger partial charge < -0.3 is 14.8 Å². The van der Waals surface area contributed by atoms with E-state index in [1.165, 1.54) is 5.56 Å². The number of rotatable bonds is 9. The molecule has 4 rings (SSSR count). The average Bonchev–Trinajstić information content (AvgIpc) is 2.85. The summed E-state index contributed by atoms with van der Waals surface area (Å²) in [7, 11) is 0. The van der Waals surface area contributed by atoms with Crippen molar-refractivity contribution in [2.45, 2.75) is 13.0 Å². The minimum atomic E-state index is -0.216. The first-order valence-electron chi connectivity index (χ1n) is 10.6. The van der Waals surface area contributed by atoms with Gasteiger partial charge in [-0.15, -0.1) is 0 Å². The van der Waals surface area contributed by atoms with Gasteiger partial charge in [0.2, 0.25) is 0 Å². The van der Waals surface area contributed by atoms with Gasteiger partial charge in [0.05, 0.1) is 12.2 Å². The number of carbonyl (C=O) groups excluding carboxylic acids is 1. The van der Waals surface area contributed by atoms with Crippen molar-refractivity contribution in [3.8, 4) is 11.5 Å². The van der Waals surface area contributed by atoms with Gasteiger partial charge in [0, 0.05) is 12.1 Å². The van der Waals surface area contributed by atoms with Crippen LogP contribution in [0.25, 0.3) is 0 Å². The summed E-state index contributed by atoms with van der Waals surface area (Å²) >= 11 is 0. The maximum atomic E-state index is 12.8. The zero-order valence-electron chi connectivity index (χ0n) is 17.7. The van der Waals surface area contributed by atoms with Gasteiger partial charge in [0.25, 0.3) is 5.91 Å². The Labute approximate surface area is 188 Å². The van der Waals surface area contributed by atoms with Crippen molar-refractivity contribution >= 4 is 11.6 Å². The van der Waals surface area contributed by atoms with Crippen LogP contribution in [0.3, 0.4) is 0 Å². The van der Waals surface area contributed by atoms with E-state index in [0.717, 1.165) is 17.7 Å². The van der Waals surface area contributed by atoms with Crippen LogP contribution in [0, 0.1) is 0 Å². The molecule has 0 bridgehead atoms. The molecule has 0 spiro atoms. The first-order chi connectivity index (χ1) is 15.8. The summed E-state index contributed by atoms with van der Waals surface area (Å²) in [5, 5.41) is 2.93. The molecule has 1 N–H and O–H groups in total. The molecule has 4 heteroatoms. The van der Waals surface area contributed by atoms with Crippen LogP contribution in [0.2, 0.25) is 0 Å². The minimum absolute atomic E-state index is 0.216. The third kappa shape index (κ3) is 5.99. The molecule has 0 aliphatic carbocycles. The summed E-state index contributed by atoms with van der Waals surface area (Å²) in [4.78, 5) is 12.8. The van der Waals surface area contributed by atoms with Gasteiger partial charge in [-0.25, -0.2) is 0 Å². The summed E-state index contributed by atoms with van der Waals surface area (Å²) in [6.45, 7) is 1.00. The molecule has 32 heavy (non-hydrogen) atoms. The normalized spacial score (nSPS) is 10.4. The van der Waals surface area contributed by atoms with Gasteiger partial charge in [-0.3, -0.25) is 4.79 Å². The second-order valence-corrected chi connectivity index (χ2v) is 7.33. The van der Waals surface area contributed by atoms with Crippen molar-refractivity contribution in [2.75, 3.05) is 11.9 Å². The van der Waals surface area contributed by atoms with E-state index < -0.39 is 0 Å². The molecule has 1 amide bonds. The summed E-state index contributed by atoms with van der Waals surface area (Å²) in [6.07, 6.45) is 0.846. The number of para-hydroxylation sites is 1. The number of benzene rings is 4. The molecular formula is C28H25NO3. The van der Waals surface area contributed by atoms with Crippen LogP contribution in [-0.4, -0.2) is 12.5 Å². The Morgan fingerprint density at radius 1 is 0.656 bits per heavy atom. The number of carbonyl (C=O) groups is 1. The molecule has 0 heterocycles. The lowest BCUT2D eigenvalue weighted by molar-refractivity contribution is 0.102. The molecule has 0 fully saturated rings. The van der Waals surface area contributed by atoms with E-state index in [0.29, 0.717) is 30.2 Å². The minimum Gasteiger partial charge on any atom is -0.493 e. The fourth-order valence-corrected chi connectivity index (χ4v) is 3.28. The lowest BCUT2D eigenvalue weighted by Crippen LogP contribution is -2.13. The lowest BCUT2D eigenvalue weighted by Gasteiger charge is -2.12. The van der Waals surface area contributed by atoms with Crippen molar-refractivity contribution in [3.05, 3.63) is 126 Å². The molecular weight excluding hydrogens is 398 g/mol. The van der Waals surface area contributed by atoms with Gasteiger partial charge in [-0.1, -0.05) is 72.8 Å². The molecule has 4 aromatic rings. The molecule has 0 saturated carbocycles. The summed E-state index contributed by atoms with van der Waals surface area (Å²) < 4.78 is 11.7. The van der Waals surface area contributed by atoms with Gasteiger partial charge in [0.15, 0.2) is 0 Å². The van der Waals surface area contributed by atoms with E-state index in [1.807, 2.05) is 91.0 Å². The maximum Gasteiger partial charge on any atom is 0.259 e. The van der Waals surface area contributed by atoms with Crippen LogP contribution in [0.5, 0.6) is 11.5 Å². The fourth-order valence-electron chi connectivity index (χ4n) is 3.28. The number of nitrogens with one attached hydrogen (secondary N) is 1. The van der Waals surface area contributed by atoms with Crippen LogP contribution in [0.1, 0.15) is 21.5 Å². The molecule has 0 radical (unpaired) electrons. The first-order valence-corrected chi connectivity index (χ1v) is 10.6. The summed E-state index contributed by atoms with van der Waals surface area (Å²) in [5.74, 6) is 1.10. The molecule has 0 aliphatic heterocycles. The Bertz CT molecular complexity index is 1130. The Hall–Kier alpha value is -4.05. The average molecular weight is 424 g/mol. The molecule has 0 saturated heterocycles. The number of ether oxygens (including phenoxy) is 2. The predicted molar refractivity (Wildman–Crippen MR) is 127 cm³/mol. The zero-order chi connectivity index (χ0) is 22.0. The third-order valence-corrected chi connectivity index (χ3v) is 4.98. The number of hydrogen-bond acceptors (Lipinski definition) is 3. The van der Waals surface area contributed by atoms with Crippen molar-refractivity contribution in [1.82, 2.24) is 0 Å². The summed E-state index contributed by atoms with van der Waals surface area (Å²) in [6, 6.07) is 34.8. The summed E-state index contributed by atoms with van der Waals surface area (Å²) in [5.41, 5.74) is 3.48. The van der Waals surface area contributed by atoms with Crippen molar-refractivity contribution < 1.29 is 14.3 Å². The second kappa shape index (κ2) is 10.8. The second-order valence-electron chi connectivity index (χ2n) is 7.33. The molecule has 4 aromatic carbocycles. The van der Waals surface area contributed by atoms with Crippen LogP contribution in [-0.2, 0) is 13.0 Å². The SMILES string of the molecule is O=C(Nc1ccc(OCCc2ccccc2)cc1)c1ccccc1OCc1ccccc1. The highest BCUT2D eigenvalue weighted by atomic mass is 16.5. The van der Waals surface area contributed by atoms with Crippen LogP contribution in [0.4, 0.5) is 5.69 Å². The fraction of sp³-hybridized carbons (Fsp3) is 0.107. The van der Waals surface area contributed by atoms with Gasteiger partial charge in [-0.05, 0) is 47.5 Å². The van der Waals surface area contributed by atoms with E-state index >= 15 is 0 Å². The van der Waals surface area contributed by atoms with E-state index in [-0.39, 0.29) is 5.91 Å². The van der Waals surface area contributed by atoms with E-state index in [2.05, 4.69) is 17.4 Å². The van der Waals surface area contributed by atoms with Crippen LogP contribution >= 0.6 is 0 Å². The largest absolute Gasteiger partial charge is 0.493 e. The third-order valence-electron chi connectivity index (χ3n) is 4.98.